The SMILES string of the molecule is COC(=O)COc1cccc(NC(=O)[C@@H](N)C(C)C)c1.Cl. The number of anilines is 1. The number of carbonyl (C=O) groups is 2. The van der Waals surface area contributed by atoms with Crippen molar-refractivity contribution in [2.24, 2.45) is 11.7 Å². The fourth-order valence-electron chi connectivity index (χ4n) is 1.39. The van der Waals surface area contributed by atoms with Crippen LogP contribution in [0.1, 0.15) is 13.8 Å². The van der Waals surface area contributed by atoms with Crippen LogP contribution in [0.5, 0.6) is 5.75 Å². The van der Waals surface area contributed by atoms with Crippen LogP contribution < -0.4 is 15.8 Å². The van der Waals surface area contributed by atoms with E-state index < -0.39 is 12.0 Å². The topological polar surface area (TPSA) is 90.6 Å². The van der Waals surface area contributed by atoms with Crippen LogP contribution in [0.3, 0.4) is 0 Å². The normalized spacial score (nSPS) is 11.3. The molecule has 0 unspecified atom stereocenters. The Kier molecular flexibility index (Phi) is 8.42. The first kappa shape index (κ1) is 19.2. The number of methoxy groups -OCH3 is 1. The molecule has 0 saturated carbocycles. The van der Waals surface area contributed by atoms with E-state index in [9.17, 15) is 9.59 Å². The quantitative estimate of drug-likeness (QED) is 0.778. The summed E-state index contributed by atoms with van der Waals surface area (Å²) in [6.07, 6.45) is 0. The van der Waals surface area contributed by atoms with Gasteiger partial charge in [0.25, 0.3) is 0 Å². The van der Waals surface area contributed by atoms with Gasteiger partial charge in [0.05, 0.1) is 13.2 Å². The Morgan fingerprint density at radius 3 is 2.57 bits per heavy atom. The molecule has 1 atom stereocenters. The average Bonchev–Trinajstić information content (AvgIpc) is 2.44. The molecule has 0 radical (unpaired) electrons. The van der Waals surface area contributed by atoms with Gasteiger partial charge in [-0.2, -0.15) is 0 Å². The van der Waals surface area contributed by atoms with Crippen molar-refractivity contribution in [3.8, 4) is 5.75 Å². The highest BCUT2D eigenvalue weighted by Crippen LogP contribution is 2.17. The van der Waals surface area contributed by atoms with Crippen LogP contribution >= 0.6 is 12.4 Å². The number of esters is 1. The molecule has 0 fully saturated rings. The Hall–Kier alpha value is -1.79. The van der Waals surface area contributed by atoms with Crippen LogP contribution in [0, 0.1) is 5.92 Å². The largest absolute Gasteiger partial charge is 0.482 e. The number of amides is 1. The summed E-state index contributed by atoms with van der Waals surface area (Å²) in [5.41, 5.74) is 6.32. The number of nitrogens with two attached hydrogens (primary N) is 1. The monoisotopic (exact) mass is 316 g/mol. The molecule has 1 aromatic rings. The fourth-order valence-corrected chi connectivity index (χ4v) is 1.39. The molecule has 0 saturated heterocycles. The Morgan fingerprint density at radius 1 is 1.33 bits per heavy atom. The molecule has 21 heavy (non-hydrogen) atoms. The molecule has 0 aliphatic carbocycles. The lowest BCUT2D eigenvalue weighted by molar-refractivity contribution is -0.142. The molecule has 1 rings (SSSR count). The molecule has 3 N–H and O–H groups in total. The second-order valence-electron chi connectivity index (χ2n) is 4.65. The van der Waals surface area contributed by atoms with E-state index in [0.717, 1.165) is 0 Å². The van der Waals surface area contributed by atoms with Crippen molar-refractivity contribution >= 4 is 30.0 Å². The predicted molar refractivity (Wildman–Crippen MR) is 82.6 cm³/mol. The Balaban J connectivity index is 0.00000400. The first-order valence-electron chi connectivity index (χ1n) is 6.30. The summed E-state index contributed by atoms with van der Waals surface area (Å²) in [7, 11) is 1.29. The highest BCUT2D eigenvalue weighted by atomic mass is 35.5. The molecule has 0 aliphatic heterocycles. The van der Waals surface area contributed by atoms with Gasteiger partial charge in [-0.1, -0.05) is 19.9 Å². The molecule has 0 aliphatic rings. The van der Waals surface area contributed by atoms with Gasteiger partial charge in [0.1, 0.15) is 5.75 Å². The number of benzene rings is 1. The van der Waals surface area contributed by atoms with E-state index >= 15 is 0 Å². The highest BCUT2D eigenvalue weighted by Gasteiger charge is 2.17. The summed E-state index contributed by atoms with van der Waals surface area (Å²) in [6.45, 7) is 3.57. The average molecular weight is 317 g/mol. The van der Waals surface area contributed by atoms with E-state index in [1.807, 2.05) is 13.8 Å². The summed E-state index contributed by atoms with van der Waals surface area (Å²) < 4.78 is 9.71. The summed E-state index contributed by atoms with van der Waals surface area (Å²) in [4.78, 5) is 22.8. The highest BCUT2D eigenvalue weighted by molar-refractivity contribution is 5.95. The smallest absolute Gasteiger partial charge is 0.343 e. The van der Waals surface area contributed by atoms with Crippen molar-refractivity contribution in [2.75, 3.05) is 19.0 Å². The van der Waals surface area contributed by atoms with E-state index in [1.165, 1.54) is 7.11 Å². The maximum Gasteiger partial charge on any atom is 0.343 e. The van der Waals surface area contributed by atoms with E-state index in [0.29, 0.717) is 11.4 Å². The maximum absolute atomic E-state index is 11.8. The lowest BCUT2D eigenvalue weighted by Gasteiger charge is -2.15. The van der Waals surface area contributed by atoms with Gasteiger partial charge in [0.15, 0.2) is 6.61 Å². The molecular weight excluding hydrogens is 296 g/mol. The van der Waals surface area contributed by atoms with Crippen LogP contribution in [0.4, 0.5) is 5.69 Å². The van der Waals surface area contributed by atoms with Gasteiger partial charge in [-0.3, -0.25) is 4.79 Å². The minimum Gasteiger partial charge on any atom is -0.482 e. The first-order chi connectivity index (χ1) is 9.43. The van der Waals surface area contributed by atoms with Crippen molar-refractivity contribution in [1.82, 2.24) is 0 Å². The summed E-state index contributed by atoms with van der Waals surface area (Å²) in [5, 5.41) is 2.70. The fraction of sp³-hybridized carbons (Fsp3) is 0.429. The molecule has 1 aromatic carbocycles. The number of nitrogens with one attached hydrogen (secondary N) is 1. The summed E-state index contributed by atoms with van der Waals surface area (Å²) in [6, 6.07) is 6.16. The lowest BCUT2D eigenvalue weighted by Crippen LogP contribution is -2.39. The molecule has 6 nitrogen and oxygen atoms in total. The Labute approximate surface area is 130 Å². The molecule has 1 amide bonds. The second kappa shape index (κ2) is 9.20. The third-order valence-electron chi connectivity index (χ3n) is 2.71. The van der Waals surface area contributed by atoms with E-state index in [-0.39, 0.29) is 30.8 Å². The Bertz CT molecular complexity index is 480. The lowest BCUT2D eigenvalue weighted by atomic mass is 10.0. The van der Waals surface area contributed by atoms with Gasteiger partial charge < -0.3 is 20.5 Å². The number of halogens is 1. The number of rotatable bonds is 6. The van der Waals surface area contributed by atoms with Crippen LogP contribution in [0.2, 0.25) is 0 Å². The molecule has 0 heterocycles. The van der Waals surface area contributed by atoms with Gasteiger partial charge in [-0.25, -0.2) is 4.79 Å². The second-order valence-corrected chi connectivity index (χ2v) is 4.65. The van der Waals surface area contributed by atoms with Gasteiger partial charge >= 0.3 is 5.97 Å². The zero-order chi connectivity index (χ0) is 15.1. The van der Waals surface area contributed by atoms with Crippen LogP contribution in [0.25, 0.3) is 0 Å². The summed E-state index contributed by atoms with van der Waals surface area (Å²) in [5.74, 6) is -0.216. The number of ether oxygens (including phenoxy) is 2. The molecular formula is C14H21ClN2O4. The number of hydrogen-bond acceptors (Lipinski definition) is 5. The summed E-state index contributed by atoms with van der Waals surface area (Å²) >= 11 is 0. The molecule has 0 aromatic heterocycles. The van der Waals surface area contributed by atoms with E-state index in [2.05, 4.69) is 10.1 Å². The van der Waals surface area contributed by atoms with Crippen molar-refractivity contribution < 1.29 is 19.1 Å². The molecule has 7 heteroatoms. The van der Waals surface area contributed by atoms with Gasteiger partial charge in [0, 0.05) is 11.8 Å². The zero-order valence-corrected chi connectivity index (χ0v) is 13.1. The van der Waals surface area contributed by atoms with Crippen molar-refractivity contribution in [3.63, 3.8) is 0 Å². The van der Waals surface area contributed by atoms with Gasteiger partial charge in [0.2, 0.25) is 5.91 Å². The van der Waals surface area contributed by atoms with Crippen LogP contribution in [0.15, 0.2) is 24.3 Å². The molecule has 0 spiro atoms. The van der Waals surface area contributed by atoms with E-state index in [1.54, 1.807) is 24.3 Å². The standard InChI is InChI=1S/C14H20N2O4.ClH/c1-9(2)13(15)14(18)16-10-5-4-6-11(7-10)20-8-12(17)19-3;/h4-7,9,13H,8,15H2,1-3H3,(H,16,18);1H/t13-;/m0./s1. The third-order valence-corrected chi connectivity index (χ3v) is 2.71. The minimum absolute atomic E-state index is 0. The maximum atomic E-state index is 11.8. The Morgan fingerprint density at radius 2 is 2.00 bits per heavy atom. The number of hydrogen-bond donors (Lipinski definition) is 2. The van der Waals surface area contributed by atoms with Crippen molar-refractivity contribution in [1.29, 1.82) is 0 Å². The van der Waals surface area contributed by atoms with Crippen LogP contribution in [-0.2, 0) is 14.3 Å². The first-order valence-corrected chi connectivity index (χ1v) is 6.30. The molecule has 118 valence electrons. The zero-order valence-electron chi connectivity index (χ0n) is 12.3. The predicted octanol–water partition coefficient (Wildman–Crippen LogP) is 1.58. The van der Waals surface area contributed by atoms with Gasteiger partial charge in [-0.05, 0) is 18.1 Å². The van der Waals surface area contributed by atoms with Crippen LogP contribution in [-0.4, -0.2) is 31.6 Å². The minimum atomic E-state index is -0.574. The van der Waals surface area contributed by atoms with Crippen molar-refractivity contribution in [3.05, 3.63) is 24.3 Å². The molecule has 0 bridgehead atoms. The number of carbonyl (C=O) groups excluding carboxylic acids is 2. The van der Waals surface area contributed by atoms with Crippen molar-refractivity contribution in [2.45, 2.75) is 19.9 Å². The van der Waals surface area contributed by atoms with E-state index in [4.69, 9.17) is 10.5 Å². The van der Waals surface area contributed by atoms with Gasteiger partial charge in [-0.15, -0.1) is 12.4 Å². The third kappa shape index (κ3) is 6.46.